The molecule has 0 aliphatic carbocycles. The summed E-state index contributed by atoms with van der Waals surface area (Å²) in [5, 5.41) is 0. The maximum Gasteiger partial charge on any atom is 0.163 e. The van der Waals surface area contributed by atoms with Gasteiger partial charge in [-0.3, -0.25) is 0 Å². The highest BCUT2D eigenvalue weighted by atomic mass is 16.7. The molecule has 1 fully saturated rings. The van der Waals surface area contributed by atoms with Crippen LogP contribution in [-0.2, 0) is 9.47 Å². The average molecular weight is 200 g/mol. The molecule has 1 atom stereocenters. The molecular formula is C12H24O2. The lowest BCUT2D eigenvalue weighted by atomic mass is 9.72. The molecule has 1 unspecified atom stereocenters. The van der Waals surface area contributed by atoms with Crippen LogP contribution in [0.2, 0.25) is 0 Å². The van der Waals surface area contributed by atoms with Crippen LogP contribution in [0.5, 0.6) is 0 Å². The average Bonchev–Trinajstić information content (AvgIpc) is 1.93. The Balaban J connectivity index is 2.88. The summed E-state index contributed by atoms with van der Waals surface area (Å²) in [6.07, 6.45) is 0.235. The van der Waals surface area contributed by atoms with E-state index in [0.29, 0.717) is 0 Å². The van der Waals surface area contributed by atoms with Gasteiger partial charge in [0.1, 0.15) is 0 Å². The van der Waals surface area contributed by atoms with Crippen molar-refractivity contribution in [2.24, 2.45) is 10.8 Å². The Bertz CT molecular complexity index is 211. The van der Waals surface area contributed by atoms with Gasteiger partial charge in [-0.2, -0.15) is 0 Å². The zero-order valence-electron chi connectivity index (χ0n) is 10.6. The van der Waals surface area contributed by atoms with Crippen LogP contribution >= 0.6 is 0 Å². The van der Waals surface area contributed by atoms with Gasteiger partial charge in [-0.25, -0.2) is 0 Å². The van der Waals surface area contributed by atoms with E-state index in [1.54, 1.807) is 0 Å². The van der Waals surface area contributed by atoms with Crippen molar-refractivity contribution in [1.82, 2.24) is 0 Å². The summed E-state index contributed by atoms with van der Waals surface area (Å²) in [6.45, 7) is 15.8. The fourth-order valence-electron chi connectivity index (χ4n) is 2.26. The fraction of sp³-hybridized carbons (Fsp3) is 1.00. The number of hydrogen-bond acceptors (Lipinski definition) is 2. The van der Waals surface area contributed by atoms with Crippen LogP contribution in [-0.4, -0.2) is 18.5 Å². The summed E-state index contributed by atoms with van der Waals surface area (Å²) in [5.74, 6) is -0.437. The van der Waals surface area contributed by atoms with Gasteiger partial charge in [-0.05, 0) is 19.3 Å². The first kappa shape index (κ1) is 12.0. The highest BCUT2D eigenvalue weighted by Crippen LogP contribution is 2.43. The van der Waals surface area contributed by atoms with E-state index in [0.717, 1.165) is 6.61 Å². The second kappa shape index (κ2) is 3.21. The van der Waals surface area contributed by atoms with Crippen molar-refractivity contribution in [2.75, 3.05) is 6.61 Å². The van der Waals surface area contributed by atoms with Gasteiger partial charge in [0.15, 0.2) is 5.79 Å². The first-order valence-electron chi connectivity index (χ1n) is 5.36. The van der Waals surface area contributed by atoms with Gasteiger partial charge in [-0.15, -0.1) is 0 Å². The predicted molar refractivity (Wildman–Crippen MR) is 58.1 cm³/mol. The van der Waals surface area contributed by atoms with Crippen LogP contribution in [0.15, 0.2) is 0 Å². The number of hydrogen-bond donors (Lipinski definition) is 0. The van der Waals surface area contributed by atoms with E-state index in [4.69, 9.17) is 9.47 Å². The van der Waals surface area contributed by atoms with Gasteiger partial charge in [0.2, 0.25) is 0 Å². The molecule has 0 saturated carbocycles. The van der Waals surface area contributed by atoms with E-state index in [-0.39, 0.29) is 16.9 Å². The van der Waals surface area contributed by atoms with Crippen molar-refractivity contribution in [1.29, 1.82) is 0 Å². The van der Waals surface area contributed by atoms with Crippen molar-refractivity contribution in [2.45, 2.75) is 60.4 Å². The van der Waals surface area contributed by atoms with Gasteiger partial charge < -0.3 is 9.47 Å². The first-order chi connectivity index (χ1) is 6.05. The zero-order chi connectivity index (χ0) is 11.2. The minimum absolute atomic E-state index is 0.0910. The summed E-state index contributed by atoms with van der Waals surface area (Å²) >= 11 is 0. The van der Waals surface area contributed by atoms with Crippen molar-refractivity contribution < 1.29 is 9.47 Å². The Morgan fingerprint density at radius 2 is 1.57 bits per heavy atom. The van der Waals surface area contributed by atoms with Crippen LogP contribution in [0, 0.1) is 10.8 Å². The minimum atomic E-state index is -0.437. The van der Waals surface area contributed by atoms with Crippen LogP contribution in [0.25, 0.3) is 0 Å². The minimum Gasteiger partial charge on any atom is -0.350 e. The highest BCUT2D eigenvalue weighted by molar-refractivity contribution is 4.91. The van der Waals surface area contributed by atoms with Crippen LogP contribution < -0.4 is 0 Å². The molecule has 1 saturated heterocycles. The Labute approximate surface area is 88.0 Å². The zero-order valence-corrected chi connectivity index (χ0v) is 10.6. The molecule has 1 heterocycles. The Hall–Kier alpha value is -0.0800. The summed E-state index contributed by atoms with van der Waals surface area (Å²) in [6, 6.07) is 0. The highest BCUT2D eigenvalue weighted by Gasteiger charge is 2.47. The summed E-state index contributed by atoms with van der Waals surface area (Å²) < 4.78 is 11.7. The molecule has 0 spiro atoms. The molecule has 0 aromatic heterocycles. The molecule has 14 heavy (non-hydrogen) atoms. The Morgan fingerprint density at radius 3 is 1.93 bits per heavy atom. The maximum absolute atomic E-state index is 6.03. The molecule has 0 aromatic carbocycles. The number of ether oxygens (including phenoxy) is 2. The lowest BCUT2D eigenvalue weighted by Crippen LogP contribution is -2.55. The molecule has 1 aliphatic rings. The molecular weight excluding hydrogens is 176 g/mol. The van der Waals surface area contributed by atoms with Crippen molar-refractivity contribution in [3.05, 3.63) is 0 Å². The monoisotopic (exact) mass is 200 g/mol. The molecule has 1 aliphatic heterocycles. The molecule has 0 radical (unpaired) electrons. The summed E-state index contributed by atoms with van der Waals surface area (Å²) in [7, 11) is 0. The topological polar surface area (TPSA) is 18.5 Å². The Kier molecular flexibility index (Phi) is 2.75. The van der Waals surface area contributed by atoms with Crippen molar-refractivity contribution in [3.63, 3.8) is 0 Å². The smallest absolute Gasteiger partial charge is 0.163 e. The van der Waals surface area contributed by atoms with Crippen LogP contribution in [0.4, 0.5) is 0 Å². The van der Waals surface area contributed by atoms with E-state index >= 15 is 0 Å². The SMILES string of the molecule is CC1(C)OCC(C)(C)C(C(C)(C)C)O1. The number of rotatable bonds is 0. The largest absolute Gasteiger partial charge is 0.350 e. The van der Waals surface area contributed by atoms with Crippen molar-refractivity contribution in [3.8, 4) is 0 Å². The molecule has 2 nitrogen and oxygen atoms in total. The molecule has 0 amide bonds. The molecule has 0 N–H and O–H groups in total. The molecule has 2 heteroatoms. The van der Waals surface area contributed by atoms with E-state index < -0.39 is 5.79 Å². The van der Waals surface area contributed by atoms with Gasteiger partial charge >= 0.3 is 0 Å². The third kappa shape index (κ3) is 2.48. The Morgan fingerprint density at radius 1 is 1.07 bits per heavy atom. The van der Waals surface area contributed by atoms with Crippen LogP contribution in [0.1, 0.15) is 48.5 Å². The molecule has 1 rings (SSSR count). The summed E-state index contributed by atoms with van der Waals surface area (Å²) in [4.78, 5) is 0. The van der Waals surface area contributed by atoms with Crippen molar-refractivity contribution >= 4 is 0 Å². The third-order valence-electron chi connectivity index (χ3n) is 2.69. The standard InChI is InChI=1S/C12H24O2/c1-10(2,3)9-11(4,5)8-13-12(6,7)14-9/h9H,8H2,1-7H3. The predicted octanol–water partition coefficient (Wildman–Crippen LogP) is 3.21. The quantitative estimate of drug-likeness (QED) is 0.598. The summed E-state index contributed by atoms with van der Waals surface area (Å²) in [5.41, 5.74) is 0.248. The van der Waals surface area contributed by atoms with E-state index in [9.17, 15) is 0 Å². The molecule has 0 aromatic rings. The van der Waals surface area contributed by atoms with Gasteiger partial charge in [-0.1, -0.05) is 34.6 Å². The van der Waals surface area contributed by atoms with Gasteiger partial charge in [0.05, 0.1) is 12.7 Å². The second-order valence-corrected chi connectivity index (χ2v) is 6.54. The third-order valence-corrected chi connectivity index (χ3v) is 2.69. The second-order valence-electron chi connectivity index (χ2n) is 6.54. The fourth-order valence-corrected chi connectivity index (χ4v) is 2.26. The van der Waals surface area contributed by atoms with E-state index in [1.807, 2.05) is 13.8 Å². The normalized spacial score (nSPS) is 31.5. The lowest BCUT2D eigenvalue weighted by molar-refractivity contribution is -0.330. The maximum atomic E-state index is 6.03. The van der Waals surface area contributed by atoms with Crippen LogP contribution in [0.3, 0.4) is 0 Å². The van der Waals surface area contributed by atoms with E-state index in [2.05, 4.69) is 34.6 Å². The lowest BCUT2D eigenvalue weighted by Gasteiger charge is -2.51. The van der Waals surface area contributed by atoms with E-state index in [1.165, 1.54) is 0 Å². The van der Waals surface area contributed by atoms with Gasteiger partial charge in [0.25, 0.3) is 0 Å². The molecule has 0 bridgehead atoms. The molecule has 84 valence electrons. The van der Waals surface area contributed by atoms with Gasteiger partial charge in [0, 0.05) is 5.41 Å². The first-order valence-corrected chi connectivity index (χ1v) is 5.36.